The Morgan fingerprint density at radius 2 is 1.93 bits per heavy atom. The largest absolute Gasteiger partial charge is 0.494 e. The van der Waals surface area contributed by atoms with Crippen molar-refractivity contribution in [2.75, 3.05) is 19.0 Å². The minimum absolute atomic E-state index is 0.0405. The Kier molecular flexibility index (Phi) is 6.99. The van der Waals surface area contributed by atoms with Gasteiger partial charge in [0.05, 0.1) is 24.0 Å². The standard InChI is InChI=1S/C23H26N2O3S/c1-5-20(23(26)24-16-10-12-17(13-11-16)28-6-2)29-21-14-15(3)18-8-7-9-19(27-4)22(18)25-21/h7-14,20H,5-6H2,1-4H3,(H,24,26). The molecule has 0 aliphatic carbocycles. The smallest absolute Gasteiger partial charge is 0.237 e. The van der Waals surface area contributed by atoms with E-state index >= 15 is 0 Å². The summed E-state index contributed by atoms with van der Waals surface area (Å²) in [4.78, 5) is 17.6. The number of thioether (sulfide) groups is 1. The van der Waals surface area contributed by atoms with Gasteiger partial charge in [-0.3, -0.25) is 4.79 Å². The van der Waals surface area contributed by atoms with Crippen molar-refractivity contribution in [2.24, 2.45) is 0 Å². The van der Waals surface area contributed by atoms with E-state index in [9.17, 15) is 4.79 Å². The number of benzene rings is 2. The molecule has 0 spiro atoms. The molecule has 0 saturated heterocycles. The zero-order chi connectivity index (χ0) is 20.8. The van der Waals surface area contributed by atoms with E-state index in [0.29, 0.717) is 13.0 Å². The summed E-state index contributed by atoms with van der Waals surface area (Å²) in [5, 5.41) is 4.61. The number of pyridine rings is 1. The number of anilines is 1. The van der Waals surface area contributed by atoms with Gasteiger partial charge in [-0.05, 0) is 62.2 Å². The lowest BCUT2D eigenvalue weighted by Crippen LogP contribution is -2.24. The van der Waals surface area contributed by atoms with Crippen LogP contribution in [0.3, 0.4) is 0 Å². The molecule has 6 heteroatoms. The Morgan fingerprint density at radius 1 is 1.17 bits per heavy atom. The van der Waals surface area contributed by atoms with Crippen molar-refractivity contribution in [3.8, 4) is 11.5 Å². The number of amides is 1. The van der Waals surface area contributed by atoms with Crippen LogP contribution in [0.15, 0.2) is 53.6 Å². The van der Waals surface area contributed by atoms with Gasteiger partial charge in [0.1, 0.15) is 17.0 Å². The summed E-state index contributed by atoms with van der Waals surface area (Å²) in [5.41, 5.74) is 2.68. The van der Waals surface area contributed by atoms with E-state index in [4.69, 9.17) is 14.5 Å². The molecule has 0 aliphatic heterocycles. The van der Waals surface area contributed by atoms with Gasteiger partial charge < -0.3 is 14.8 Å². The number of aryl methyl sites for hydroxylation is 1. The van der Waals surface area contributed by atoms with E-state index in [1.807, 2.05) is 62.4 Å². The number of para-hydroxylation sites is 1. The summed E-state index contributed by atoms with van der Waals surface area (Å²) in [6.45, 7) is 6.61. The average Bonchev–Trinajstić information content (AvgIpc) is 2.73. The van der Waals surface area contributed by atoms with Crippen LogP contribution in [0.5, 0.6) is 11.5 Å². The number of hydrogen-bond donors (Lipinski definition) is 1. The number of ether oxygens (including phenoxy) is 2. The maximum Gasteiger partial charge on any atom is 0.237 e. The minimum Gasteiger partial charge on any atom is -0.494 e. The Hall–Kier alpha value is -2.73. The number of fused-ring (bicyclic) bond motifs is 1. The molecule has 1 N–H and O–H groups in total. The van der Waals surface area contributed by atoms with Gasteiger partial charge in [0.2, 0.25) is 5.91 Å². The number of nitrogens with one attached hydrogen (secondary N) is 1. The molecule has 1 amide bonds. The molecule has 1 aromatic heterocycles. The van der Waals surface area contributed by atoms with Crippen LogP contribution >= 0.6 is 11.8 Å². The fourth-order valence-electron chi connectivity index (χ4n) is 3.08. The topological polar surface area (TPSA) is 60.5 Å². The zero-order valence-corrected chi connectivity index (χ0v) is 18.0. The molecule has 2 aromatic carbocycles. The highest BCUT2D eigenvalue weighted by molar-refractivity contribution is 8.00. The van der Waals surface area contributed by atoms with Crippen LogP contribution in [-0.4, -0.2) is 29.9 Å². The molecule has 1 unspecified atom stereocenters. The number of carbonyl (C=O) groups is 1. The van der Waals surface area contributed by atoms with Crippen LogP contribution in [-0.2, 0) is 4.79 Å². The molecule has 3 aromatic rings. The zero-order valence-electron chi connectivity index (χ0n) is 17.2. The first kappa shape index (κ1) is 21.0. The molecular formula is C23H26N2O3S. The van der Waals surface area contributed by atoms with E-state index in [1.54, 1.807) is 7.11 Å². The molecule has 0 fully saturated rings. The number of rotatable bonds is 8. The highest BCUT2D eigenvalue weighted by atomic mass is 32.2. The van der Waals surface area contributed by atoms with E-state index in [2.05, 4.69) is 12.2 Å². The molecule has 0 saturated carbocycles. The van der Waals surface area contributed by atoms with E-state index in [0.717, 1.165) is 38.7 Å². The average molecular weight is 411 g/mol. The van der Waals surface area contributed by atoms with Crippen molar-refractivity contribution in [3.05, 3.63) is 54.1 Å². The first-order valence-corrected chi connectivity index (χ1v) is 10.6. The number of nitrogens with zero attached hydrogens (tertiary/aromatic N) is 1. The van der Waals surface area contributed by atoms with Crippen LogP contribution < -0.4 is 14.8 Å². The van der Waals surface area contributed by atoms with Gasteiger partial charge in [0.25, 0.3) is 0 Å². The third-order valence-electron chi connectivity index (χ3n) is 4.56. The van der Waals surface area contributed by atoms with Crippen LogP contribution in [0.4, 0.5) is 5.69 Å². The van der Waals surface area contributed by atoms with Crippen LogP contribution in [0.2, 0.25) is 0 Å². The molecule has 1 atom stereocenters. The first-order valence-electron chi connectivity index (χ1n) is 9.70. The monoisotopic (exact) mass is 410 g/mol. The summed E-state index contributed by atoms with van der Waals surface area (Å²) in [6.07, 6.45) is 0.693. The van der Waals surface area contributed by atoms with E-state index < -0.39 is 0 Å². The van der Waals surface area contributed by atoms with Crippen LogP contribution in [0.25, 0.3) is 10.9 Å². The Balaban J connectivity index is 1.77. The summed E-state index contributed by atoms with van der Waals surface area (Å²) < 4.78 is 10.9. The van der Waals surface area contributed by atoms with Crippen LogP contribution in [0.1, 0.15) is 25.8 Å². The molecular weight excluding hydrogens is 384 g/mol. The van der Waals surface area contributed by atoms with Gasteiger partial charge >= 0.3 is 0 Å². The second kappa shape index (κ2) is 9.65. The van der Waals surface area contributed by atoms with Crippen molar-refractivity contribution < 1.29 is 14.3 Å². The molecule has 3 rings (SSSR count). The van der Waals surface area contributed by atoms with Gasteiger partial charge in [-0.25, -0.2) is 4.98 Å². The van der Waals surface area contributed by atoms with Crippen molar-refractivity contribution >= 4 is 34.3 Å². The fourth-order valence-corrected chi connectivity index (χ4v) is 4.09. The van der Waals surface area contributed by atoms with Gasteiger partial charge in [-0.2, -0.15) is 0 Å². The lowest BCUT2D eigenvalue weighted by Gasteiger charge is -2.16. The number of methoxy groups -OCH3 is 1. The summed E-state index contributed by atoms with van der Waals surface area (Å²) >= 11 is 1.47. The van der Waals surface area contributed by atoms with Crippen molar-refractivity contribution in [3.63, 3.8) is 0 Å². The molecule has 1 heterocycles. The molecule has 0 aliphatic rings. The lowest BCUT2D eigenvalue weighted by atomic mass is 10.1. The summed E-state index contributed by atoms with van der Waals surface area (Å²) in [6, 6.07) is 15.3. The Labute approximate surface area is 175 Å². The number of aromatic nitrogens is 1. The maximum atomic E-state index is 12.8. The Morgan fingerprint density at radius 3 is 2.59 bits per heavy atom. The van der Waals surface area contributed by atoms with Crippen molar-refractivity contribution in [1.29, 1.82) is 0 Å². The highest BCUT2D eigenvalue weighted by Gasteiger charge is 2.20. The molecule has 5 nitrogen and oxygen atoms in total. The van der Waals surface area contributed by atoms with Gasteiger partial charge in [-0.15, -0.1) is 0 Å². The van der Waals surface area contributed by atoms with E-state index in [1.165, 1.54) is 11.8 Å². The second-order valence-corrected chi connectivity index (χ2v) is 7.82. The number of hydrogen-bond acceptors (Lipinski definition) is 5. The lowest BCUT2D eigenvalue weighted by molar-refractivity contribution is -0.115. The quantitative estimate of drug-likeness (QED) is 0.500. The van der Waals surface area contributed by atoms with Crippen molar-refractivity contribution in [1.82, 2.24) is 4.98 Å². The summed E-state index contributed by atoms with van der Waals surface area (Å²) in [5.74, 6) is 1.48. The Bertz CT molecular complexity index is 989. The third kappa shape index (κ3) is 5.01. The highest BCUT2D eigenvalue weighted by Crippen LogP contribution is 2.32. The first-order chi connectivity index (χ1) is 14.0. The summed E-state index contributed by atoms with van der Waals surface area (Å²) in [7, 11) is 1.64. The van der Waals surface area contributed by atoms with Gasteiger partial charge in [0, 0.05) is 11.1 Å². The van der Waals surface area contributed by atoms with Crippen molar-refractivity contribution in [2.45, 2.75) is 37.5 Å². The minimum atomic E-state index is -0.249. The van der Waals surface area contributed by atoms with Crippen LogP contribution in [0, 0.1) is 6.92 Å². The molecule has 152 valence electrons. The SMILES string of the molecule is CCOc1ccc(NC(=O)C(CC)Sc2cc(C)c3cccc(OC)c3n2)cc1. The predicted molar refractivity (Wildman–Crippen MR) is 119 cm³/mol. The molecule has 0 bridgehead atoms. The molecule has 29 heavy (non-hydrogen) atoms. The maximum absolute atomic E-state index is 12.8. The van der Waals surface area contributed by atoms with Gasteiger partial charge in [0.15, 0.2) is 0 Å². The second-order valence-electron chi connectivity index (χ2n) is 6.60. The normalized spacial score (nSPS) is 11.9. The third-order valence-corrected chi connectivity index (χ3v) is 5.85. The molecule has 0 radical (unpaired) electrons. The van der Waals surface area contributed by atoms with Gasteiger partial charge in [-0.1, -0.05) is 30.8 Å². The predicted octanol–water partition coefficient (Wildman–Crippen LogP) is 5.46. The number of carbonyl (C=O) groups excluding carboxylic acids is 1. The van der Waals surface area contributed by atoms with E-state index in [-0.39, 0.29) is 11.2 Å². The fraction of sp³-hybridized carbons (Fsp3) is 0.304.